The molecule has 2 aliphatic rings. The third-order valence-electron chi connectivity index (χ3n) is 6.35. The van der Waals surface area contributed by atoms with Crippen LogP contribution in [0.25, 0.3) is 0 Å². The van der Waals surface area contributed by atoms with Gasteiger partial charge >= 0.3 is 6.18 Å². The van der Waals surface area contributed by atoms with Crippen molar-refractivity contribution in [2.24, 2.45) is 10.7 Å². The van der Waals surface area contributed by atoms with Gasteiger partial charge in [0.15, 0.2) is 5.96 Å². The van der Waals surface area contributed by atoms with Crippen molar-refractivity contribution in [2.45, 2.75) is 57.0 Å². The van der Waals surface area contributed by atoms with Crippen LogP contribution in [0, 0.1) is 0 Å². The average Bonchev–Trinajstić information content (AvgIpc) is 2.79. The van der Waals surface area contributed by atoms with Crippen LogP contribution in [0.5, 0.6) is 0 Å². The molecule has 12 heteroatoms. The first-order chi connectivity index (χ1) is 16.9. The topological polar surface area (TPSA) is 110 Å². The number of amides is 2. The number of carbonyl (C=O) groups excluding carboxylic acids is 2. The summed E-state index contributed by atoms with van der Waals surface area (Å²) in [6.45, 7) is 4.13. The molecule has 1 aromatic carbocycles. The zero-order chi connectivity index (χ0) is 26.3. The maximum atomic E-state index is 13.3. The lowest BCUT2D eigenvalue weighted by molar-refractivity contribution is -0.138. The fourth-order valence-corrected chi connectivity index (χ4v) is 5.03. The van der Waals surface area contributed by atoms with Crippen molar-refractivity contribution in [3.8, 4) is 0 Å². The zero-order valence-electron chi connectivity index (χ0n) is 19.6. The highest BCUT2D eigenvalue weighted by Gasteiger charge is 2.42. The molecule has 8 nitrogen and oxygen atoms in total. The number of guanidine groups is 1. The lowest BCUT2D eigenvalue weighted by Gasteiger charge is -2.41. The molecule has 1 saturated heterocycles. The quantitative estimate of drug-likeness (QED) is 0.619. The highest BCUT2D eigenvalue weighted by Crippen LogP contribution is 2.41. The number of nitrogens with zero attached hydrogens (tertiary/aromatic N) is 3. The number of hydrogen-bond donors (Lipinski definition) is 2. The number of hydrogen-bond acceptors (Lipinski definition) is 6. The summed E-state index contributed by atoms with van der Waals surface area (Å²) in [6.07, 6.45) is -2.44. The number of rotatable bonds is 4. The molecular weight excluding hydrogens is 499 g/mol. The van der Waals surface area contributed by atoms with Crippen molar-refractivity contribution in [3.05, 3.63) is 58.4 Å². The maximum absolute atomic E-state index is 13.3. The molecule has 192 valence electrons. The van der Waals surface area contributed by atoms with Crippen molar-refractivity contribution in [2.75, 3.05) is 11.9 Å². The first-order valence-corrected chi connectivity index (χ1v) is 11.7. The Morgan fingerprint density at radius 2 is 2.06 bits per heavy atom. The van der Waals surface area contributed by atoms with E-state index in [2.05, 4.69) is 15.3 Å². The minimum Gasteiger partial charge on any atom is -0.378 e. The number of nitrogens with one attached hydrogen (secondary N) is 1. The molecule has 4 rings (SSSR count). The molecule has 0 bridgehead atoms. The Balaban J connectivity index is 1.63. The van der Waals surface area contributed by atoms with Crippen molar-refractivity contribution < 1.29 is 27.5 Å². The number of nitrogens with two attached hydrogens (primary N) is 1. The molecule has 3 N–H and O–H groups in total. The standard InChI is InChI=1S/C24H25ClF3N5O3/c1-13-11-14(8-10-36-13)33-18(34)12-23(2,32-22(33)29)15-5-3-7-17(19(15)25)31-21(35)20-16(24(26,27)28)6-4-9-30-20/h3-7,9,13-14H,8,10-12H2,1-2H3,(H2,29,32)(H,31,35)/t13-,14-,23+/m1/s1. The fraction of sp³-hybridized carbons (Fsp3) is 0.417. The van der Waals surface area contributed by atoms with E-state index in [1.807, 2.05) is 6.92 Å². The number of carbonyl (C=O) groups is 2. The third-order valence-corrected chi connectivity index (χ3v) is 6.76. The normalized spacial score (nSPS) is 24.9. The first kappa shape index (κ1) is 25.9. The Kier molecular flexibility index (Phi) is 6.98. The number of anilines is 1. The number of aliphatic imine (C=N–C) groups is 1. The van der Waals surface area contributed by atoms with Crippen molar-refractivity contribution >= 4 is 35.1 Å². The van der Waals surface area contributed by atoms with Crippen LogP contribution in [0.3, 0.4) is 0 Å². The Labute approximate surface area is 210 Å². The summed E-state index contributed by atoms with van der Waals surface area (Å²) in [5.74, 6) is -1.24. The second-order valence-electron chi connectivity index (χ2n) is 9.06. The lowest BCUT2D eigenvalue weighted by Crippen LogP contribution is -2.56. The van der Waals surface area contributed by atoms with Gasteiger partial charge in [0.05, 0.1) is 34.3 Å². The molecule has 2 aromatic rings. The predicted octanol–water partition coefficient (Wildman–Crippen LogP) is 4.34. The smallest absolute Gasteiger partial charge is 0.378 e. The Bertz CT molecular complexity index is 1220. The lowest BCUT2D eigenvalue weighted by atomic mass is 9.86. The highest BCUT2D eigenvalue weighted by atomic mass is 35.5. The van der Waals surface area contributed by atoms with Crippen molar-refractivity contribution in [3.63, 3.8) is 0 Å². The summed E-state index contributed by atoms with van der Waals surface area (Å²) >= 11 is 6.58. The largest absolute Gasteiger partial charge is 0.418 e. The number of pyridine rings is 1. The molecule has 2 amide bonds. The summed E-state index contributed by atoms with van der Waals surface area (Å²) < 4.78 is 45.5. The number of halogens is 4. The first-order valence-electron chi connectivity index (χ1n) is 11.3. The molecule has 3 heterocycles. The van der Waals surface area contributed by atoms with E-state index in [-0.39, 0.29) is 41.1 Å². The molecule has 1 fully saturated rings. The third kappa shape index (κ3) is 5.03. The van der Waals surface area contributed by atoms with E-state index in [4.69, 9.17) is 22.1 Å². The van der Waals surface area contributed by atoms with E-state index in [1.165, 1.54) is 11.0 Å². The Morgan fingerprint density at radius 3 is 2.72 bits per heavy atom. The zero-order valence-corrected chi connectivity index (χ0v) is 20.4. The van der Waals surface area contributed by atoms with E-state index in [1.54, 1.807) is 19.1 Å². The van der Waals surface area contributed by atoms with Gasteiger partial charge < -0.3 is 15.8 Å². The minimum absolute atomic E-state index is 0.00985. The van der Waals surface area contributed by atoms with Gasteiger partial charge in [-0.15, -0.1) is 0 Å². The van der Waals surface area contributed by atoms with Gasteiger partial charge in [0.25, 0.3) is 5.91 Å². The monoisotopic (exact) mass is 523 g/mol. The Hall–Kier alpha value is -3.18. The van der Waals surface area contributed by atoms with E-state index in [0.29, 0.717) is 25.0 Å². The van der Waals surface area contributed by atoms with Crippen LogP contribution in [0.1, 0.15) is 54.7 Å². The molecule has 3 atom stereocenters. The van der Waals surface area contributed by atoms with Gasteiger partial charge in [-0.05, 0) is 44.9 Å². The average molecular weight is 524 g/mol. The summed E-state index contributed by atoms with van der Waals surface area (Å²) in [4.78, 5) is 35.6. The second kappa shape index (κ2) is 9.70. The van der Waals surface area contributed by atoms with Gasteiger partial charge in [0, 0.05) is 24.4 Å². The number of alkyl halides is 3. The SMILES string of the molecule is C[C@@H]1C[C@H](N2C(=O)C[C@@](C)(c3cccc(NC(=O)c4ncccc4C(F)(F)F)c3Cl)N=C2N)CCO1. The fourth-order valence-electron chi connectivity index (χ4n) is 4.65. The molecule has 0 radical (unpaired) electrons. The van der Waals surface area contributed by atoms with Crippen LogP contribution in [0.15, 0.2) is 41.5 Å². The molecule has 0 unspecified atom stereocenters. The second-order valence-corrected chi connectivity index (χ2v) is 9.44. The van der Waals surface area contributed by atoms with E-state index >= 15 is 0 Å². The summed E-state index contributed by atoms with van der Waals surface area (Å²) in [5.41, 5.74) is 3.61. The van der Waals surface area contributed by atoms with Gasteiger partial charge in [0.1, 0.15) is 5.69 Å². The van der Waals surface area contributed by atoms with Crippen molar-refractivity contribution in [1.29, 1.82) is 0 Å². The maximum Gasteiger partial charge on any atom is 0.418 e. The van der Waals surface area contributed by atoms with E-state index < -0.39 is 28.9 Å². The van der Waals surface area contributed by atoms with Crippen LogP contribution >= 0.6 is 11.6 Å². The molecule has 0 spiro atoms. The van der Waals surface area contributed by atoms with Crippen LogP contribution in [0.4, 0.5) is 18.9 Å². The molecule has 0 aliphatic carbocycles. The molecule has 2 aliphatic heterocycles. The van der Waals surface area contributed by atoms with E-state index in [9.17, 15) is 22.8 Å². The van der Waals surface area contributed by atoms with Crippen LogP contribution in [-0.4, -0.2) is 46.4 Å². The van der Waals surface area contributed by atoms with Crippen molar-refractivity contribution in [1.82, 2.24) is 9.88 Å². The number of benzene rings is 1. The summed E-state index contributed by atoms with van der Waals surface area (Å²) in [7, 11) is 0. The number of ether oxygens (including phenoxy) is 1. The van der Waals surface area contributed by atoms with Crippen LogP contribution in [-0.2, 0) is 21.2 Å². The van der Waals surface area contributed by atoms with Gasteiger partial charge in [-0.1, -0.05) is 23.7 Å². The van der Waals surface area contributed by atoms with Gasteiger partial charge in [-0.25, -0.2) is 4.99 Å². The van der Waals surface area contributed by atoms with Crippen LogP contribution in [0.2, 0.25) is 5.02 Å². The predicted molar refractivity (Wildman–Crippen MR) is 128 cm³/mol. The Morgan fingerprint density at radius 1 is 1.31 bits per heavy atom. The van der Waals surface area contributed by atoms with Crippen LogP contribution < -0.4 is 11.1 Å². The molecular formula is C24H25ClF3N5O3. The minimum atomic E-state index is -4.76. The molecule has 36 heavy (non-hydrogen) atoms. The number of aromatic nitrogens is 1. The van der Waals surface area contributed by atoms with Gasteiger partial charge in [-0.2, -0.15) is 13.2 Å². The molecule has 1 aromatic heterocycles. The van der Waals surface area contributed by atoms with Gasteiger partial charge in [-0.3, -0.25) is 19.5 Å². The molecule has 0 saturated carbocycles. The van der Waals surface area contributed by atoms with Gasteiger partial charge in [0.2, 0.25) is 5.91 Å². The summed E-state index contributed by atoms with van der Waals surface area (Å²) in [6, 6.07) is 6.38. The highest BCUT2D eigenvalue weighted by molar-refractivity contribution is 6.35. The summed E-state index contributed by atoms with van der Waals surface area (Å²) in [5, 5.41) is 2.44. The van der Waals surface area contributed by atoms with E-state index in [0.717, 1.165) is 18.3 Å².